The second kappa shape index (κ2) is 14.2. The van der Waals surface area contributed by atoms with E-state index < -0.39 is 28.5 Å². The van der Waals surface area contributed by atoms with Crippen molar-refractivity contribution in [2.24, 2.45) is 0 Å². The number of nitrogens with one attached hydrogen (secondary N) is 1. The van der Waals surface area contributed by atoms with Gasteiger partial charge in [0.2, 0.25) is 21.8 Å². The van der Waals surface area contributed by atoms with E-state index in [1.807, 2.05) is 94.4 Å². The Hall–Kier alpha value is -3.85. The number of carbonyl (C=O) groups is 2. The zero-order valence-corrected chi connectivity index (χ0v) is 25.6. The first-order valence-corrected chi connectivity index (χ1v) is 15.6. The van der Waals surface area contributed by atoms with E-state index in [4.69, 9.17) is 4.74 Å². The van der Waals surface area contributed by atoms with Gasteiger partial charge in [0.1, 0.15) is 18.3 Å². The summed E-state index contributed by atoms with van der Waals surface area (Å²) < 4.78 is 32.7. The van der Waals surface area contributed by atoms with Gasteiger partial charge in [-0.3, -0.25) is 13.9 Å². The van der Waals surface area contributed by atoms with Crippen LogP contribution in [0.5, 0.6) is 5.75 Å². The van der Waals surface area contributed by atoms with Crippen LogP contribution in [0.4, 0.5) is 5.69 Å². The Balaban J connectivity index is 2.11. The van der Waals surface area contributed by atoms with E-state index in [1.165, 1.54) is 4.90 Å². The number of anilines is 1. The Kier molecular flexibility index (Phi) is 10.9. The summed E-state index contributed by atoms with van der Waals surface area (Å²) in [6.45, 7) is 7.17. The number of sulfonamides is 1. The van der Waals surface area contributed by atoms with Crippen LogP contribution in [0.1, 0.15) is 42.5 Å². The van der Waals surface area contributed by atoms with Gasteiger partial charge in [0.05, 0.1) is 19.1 Å². The minimum atomic E-state index is -3.84. The van der Waals surface area contributed by atoms with Gasteiger partial charge in [0, 0.05) is 19.0 Å². The molecule has 0 fully saturated rings. The molecular formula is C32H41N3O5S. The van der Waals surface area contributed by atoms with Crippen molar-refractivity contribution in [2.45, 2.75) is 59.2 Å². The molecule has 0 unspecified atom stereocenters. The number of methoxy groups -OCH3 is 1. The Morgan fingerprint density at radius 1 is 0.927 bits per heavy atom. The van der Waals surface area contributed by atoms with Crippen molar-refractivity contribution in [3.05, 3.63) is 95.1 Å². The Morgan fingerprint density at radius 2 is 1.54 bits per heavy atom. The molecule has 0 aromatic heterocycles. The number of amides is 2. The molecule has 0 saturated carbocycles. The van der Waals surface area contributed by atoms with Crippen LogP contribution < -0.4 is 14.4 Å². The molecule has 3 rings (SSSR count). The highest BCUT2D eigenvalue weighted by molar-refractivity contribution is 7.92. The second-order valence-corrected chi connectivity index (χ2v) is 12.3. The zero-order valence-electron chi connectivity index (χ0n) is 24.8. The summed E-state index contributed by atoms with van der Waals surface area (Å²) in [6.07, 6.45) is 2.08. The fourth-order valence-corrected chi connectivity index (χ4v) is 5.70. The molecule has 1 N–H and O–H groups in total. The minimum Gasteiger partial charge on any atom is -0.497 e. The highest BCUT2D eigenvalue weighted by Gasteiger charge is 2.34. The maximum absolute atomic E-state index is 14.3. The number of rotatable bonds is 13. The van der Waals surface area contributed by atoms with E-state index >= 15 is 0 Å². The Labute approximate surface area is 244 Å². The average Bonchev–Trinajstić information content (AvgIpc) is 2.94. The topological polar surface area (TPSA) is 96.0 Å². The van der Waals surface area contributed by atoms with Gasteiger partial charge in [0.25, 0.3) is 0 Å². The zero-order chi connectivity index (χ0) is 30.2. The first kappa shape index (κ1) is 31.7. The van der Waals surface area contributed by atoms with Crippen molar-refractivity contribution in [3.8, 4) is 5.75 Å². The van der Waals surface area contributed by atoms with Gasteiger partial charge in [-0.05, 0) is 61.6 Å². The largest absolute Gasteiger partial charge is 0.497 e. The highest BCUT2D eigenvalue weighted by atomic mass is 32.2. The van der Waals surface area contributed by atoms with E-state index in [1.54, 1.807) is 13.2 Å². The molecule has 3 aromatic rings. The summed E-state index contributed by atoms with van der Waals surface area (Å²) in [5.74, 6) is -0.162. The first-order chi connectivity index (χ1) is 19.4. The summed E-state index contributed by atoms with van der Waals surface area (Å²) in [4.78, 5) is 29.5. The lowest BCUT2D eigenvalue weighted by molar-refractivity contribution is -0.140. The van der Waals surface area contributed by atoms with Crippen molar-refractivity contribution >= 4 is 27.5 Å². The molecule has 0 aliphatic rings. The second-order valence-electron chi connectivity index (χ2n) is 10.4. The first-order valence-electron chi connectivity index (χ1n) is 13.7. The van der Waals surface area contributed by atoms with Gasteiger partial charge < -0.3 is 15.0 Å². The van der Waals surface area contributed by atoms with Crippen molar-refractivity contribution in [1.29, 1.82) is 0 Å². The quantitative estimate of drug-likeness (QED) is 0.319. The molecule has 2 atom stereocenters. The lowest BCUT2D eigenvalue weighted by Gasteiger charge is -2.34. The SMILES string of the molecule is CC[C@H](C)NC(=O)[C@@H](Cc1ccccc1)N(Cc1cccc(OC)c1)C(=O)CN(c1c(C)cccc1C)S(C)(=O)=O. The third-order valence-electron chi connectivity index (χ3n) is 7.13. The molecule has 3 aromatic carbocycles. The van der Waals surface area contributed by atoms with E-state index in [9.17, 15) is 18.0 Å². The highest BCUT2D eigenvalue weighted by Crippen LogP contribution is 2.27. The van der Waals surface area contributed by atoms with Crippen LogP contribution in [0.3, 0.4) is 0 Å². The van der Waals surface area contributed by atoms with Gasteiger partial charge in [-0.25, -0.2) is 8.42 Å². The number of aryl methyl sites for hydroxylation is 2. The van der Waals surface area contributed by atoms with Crippen molar-refractivity contribution < 1.29 is 22.7 Å². The van der Waals surface area contributed by atoms with Gasteiger partial charge in [0.15, 0.2) is 0 Å². The molecule has 2 amide bonds. The van der Waals surface area contributed by atoms with Gasteiger partial charge in [-0.2, -0.15) is 0 Å². The Morgan fingerprint density at radius 3 is 2.12 bits per heavy atom. The molecule has 0 radical (unpaired) electrons. The average molecular weight is 580 g/mol. The van der Waals surface area contributed by atoms with Crippen molar-refractivity contribution in [1.82, 2.24) is 10.2 Å². The van der Waals surface area contributed by atoms with E-state index in [2.05, 4.69) is 5.32 Å². The lowest BCUT2D eigenvalue weighted by atomic mass is 10.0. The summed E-state index contributed by atoms with van der Waals surface area (Å²) in [7, 11) is -2.27. The molecule has 220 valence electrons. The molecule has 9 heteroatoms. The number of hydrogen-bond acceptors (Lipinski definition) is 5. The van der Waals surface area contributed by atoms with Crippen molar-refractivity contribution in [2.75, 3.05) is 24.2 Å². The minimum absolute atomic E-state index is 0.0891. The van der Waals surface area contributed by atoms with Crippen LogP contribution in [-0.4, -0.2) is 57.1 Å². The molecule has 0 spiro atoms. The number of nitrogens with zero attached hydrogens (tertiary/aromatic N) is 2. The van der Waals surface area contributed by atoms with E-state index in [0.29, 0.717) is 11.4 Å². The molecule has 0 bridgehead atoms. The monoisotopic (exact) mass is 579 g/mol. The fourth-order valence-electron chi connectivity index (χ4n) is 4.74. The predicted octanol–water partition coefficient (Wildman–Crippen LogP) is 4.63. The molecule has 0 aliphatic carbocycles. The van der Waals surface area contributed by atoms with Gasteiger partial charge >= 0.3 is 0 Å². The molecule has 0 saturated heterocycles. The summed E-state index contributed by atoms with van der Waals surface area (Å²) in [6, 6.07) is 21.3. The van der Waals surface area contributed by atoms with Crippen LogP contribution in [-0.2, 0) is 32.6 Å². The molecule has 8 nitrogen and oxygen atoms in total. The third kappa shape index (κ3) is 8.57. The molecule has 0 aliphatic heterocycles. The fraction of sp³-hybridized carbons (Fsp3) is 0.375. The van der Waals surface area contributed by atoms with Crippen molar-refractivity contribution in [3.63, 3.8) is 0 Å². The smallest absolute Gasteiger partial charge is 0.244 e. The van der Waals surface area contributed by atoms with Crippen LogP contribution in [0.25, 0.3) is 0 Å². The summed E-state index contributed by atoms with van der Waals surface area (Å²) in [5.41, 5.74) is 3.57. The normalized spacial score (nSPS) is 12.7. The van der Waals surface area contributed by atoms with Gasteiger partial charge in [-0.1, -0.05) is 67.6 Å². The number of hydrogen-bond donors (Lipinski definition) is 1. The summed E-state index contributed by atoms with van der Waals surface area (Å²) >= 11 is 0. The predicted molar refractivity (Wildman–Crippen MR) is 163 cm³/mol. The maximum Gasteiger partial charge on any atom is 0.244 e. The van der Waals surface area contributed by atoms with Crippen LogP contribution in [0, 0.1) is 13.8 Å². The van der Waals surface area contributed by atoms with Crippen LogP contribution in [0.2, 0.25) is 0 Å². The van der Waals surface area contributed by atoms with E-state index in [0.717, 1.165) is 39.2 Å². The van der Waals surface area contributed by atoms with E-state index in [-0.39, 0.29) is 24.9 Å². The number of ether oxygens (including phenoxy) is 1. The molecule has 41 heavy (non-hydrogen) atoms. The van der Waals surface area contributed by atoms with Crippen LogP contribution >= 0.6 is 0 Å². The van der Waals surface area contributed by atoms with Crippen LogP contribution in [0.15, 0.2) is 72.8 Å². The number of carbonyl (C=O) groups excluding carboxylic acids is 2. The molecular weight excluding hydrogens is 538 g/mol. The standard InChI is InChI=1S/C32H41N3O5S/c1-7-25(4)33-32(37)29(20-26-15-9-8-10-16-26)34(21-27-17-12-18-28(19-27)40-5)30(36)22-35(41(6,38)39)31-23(2)13-11-14-24(31)3/h8-19,25,29H,7,20-22H2,1-6H3,(H,33,37)/t25-,29+/m0/s1. The third-order valence-corrected chi connectivity index (χ3v) is 8.24. The number of para-hydroxylation sites is 1. The number of benzene rings is 3. The molecule has 0 heterocycles. The Bertz CT molecular complexity index is 1420. The lowest BCUT2D eigenvalue weighted by Crippen LogP contribution is -2.54. The summed E-state index contributed by atoms with van der Waals surface area (Å²) in [5, 5.41) is 3.04. The maximum atomic E-state index is 14.3. The van der Waals surface area contributed by atoms with Gasteiger partial charge in [-0.15, -0.1) is 0 Å².